The molecule has 13 aromatic rings. The molecule has 78 heavy (non-hydrogen) atoms. The summed E-state index contributed by atoms with van der Waals surface area (Å²) in [5.74, 6) is 1.14. The van der Waals surface area contributed by atoms with E-state index in [1.165, 1.54) is 0 Å². The summed E-state index contributed by atoms with van der Waals surface area (Å²) in [7, 11) is 4.35. The molecule has 0 amide bonds. The van der Waals surface area contributed by atoms with Gasteiger partial charge in [-0.15, -0.1) is 0 Å². The van der Waals surface area contributed by atoms with Crippen molar-refractivity contribution in [3.05, 3.63) is 255 Å². The van der Waals surface area contributed by atoms with Crippen molar-refractivity contribution in [2.24, 2.45) is 0 Å². The van der Waals surface area contributed by atoms with Crippen molar-refractivity contribution in [3.8, 4) is 67.4 Å². The minimum Gasteiger partial charge on any atom is -0.436 e. The lowest BCUT2D eigenvalue weighted by molar-refractivity contribution is 0.619. The number of fused-ring (bicyclic) bond motifs is 6. The van der Waals surface area contributed by atoms with E-state index in [4.69, 9.17) is 18.8 Å². The Morgan fingerprint density at radius 2 is 0.526 bits per heavy atom. The maximum absolute atomic E-state index is 6.42. The fraction of sp³-hybridized carbons (Fsp3) is 0.0286. The second-order valence-corrected chi connectivity index (χ2v) is 19.8. The summed E-state index contributed by atoms with van der Waals surface area (Å²) >= 11 is 0. The van der Waals surface area contributed by atoms with Gasteiger partial charge in [0.05, 0.1) is 56.9 Å². The Kier molecular flexibility index (Phi) is 10.5. The number of benzene rings is 11. The summed E-state index contributed by atoms with van der Waals surface area (Å²) < 4.78 is 12.8. The highest BCUT2D eigenvalue weighted by atomic mass is 16.4. The predicted molar refractivity (Wildman–Crippen MR) is 320 cm³/mol. The Bertz CT molecular complexity index is 3990. The normalized spacial score (nSPS) is 12.6. The van der Waals surface area contributed by atoms with E-state index in [-0.39, 0.29) is 0 Å². The number of hydrogen-bond acceptors (Lipinski definition) is 8. The molecule has 0 bridgehead atoms. The minimum atomic E-state index is 0.570. The van der Waals surface area contributed by atoms with Crippen LogP contribution in [0.5, 0.6) is 0 Å². The average molecular weight is 1010 g/mol. The van der Waals surface area contributed by atoms with Crippen molar-refractivity contribution in [2.75, 3.05) is 33.7 Å². The van der Waals surface area contributed by atoms with Gasteiger partial charge in [-0.2, -0.15) is 0 Å². The second kappa shape index (κ2) is 18.1. The van der Waals surface area contributed by atoms with E-state index in [9.17, 15) is 0 Å². The predicted octanol–water partition coefficient (Wildman–Crippen LogP) is 19.1. The summed E-state index contributed by atoms with van der Waals surface area (Å²) in [5.41, 5.74) is 23.9. The Morgan fingerprint density at radius 3 is 0.859 bits per heavy atom. The molecule has 0 saturated heterocycles. The highest BCUT2D eigenvalue weighted by molar-refractivity contribution is 6.20. The molecule has 8 nitrogen and oxygen atoms in total. The molecule has 2 aromatic heterocycles. The molecule has 0 atom stereocenters. The van der Waals surface area contributed by atoms with Crippen LogP contribution in [0.2, 0.25) is 0 Å². The van der Waals surface area contributed by atoms with E-state index in [1.54, 1.807) is 0 Å². The number of para-hydroxylation sites is 12. The van der Waals surface area contributed by atoms with Crippen LogP contribution in [0.1, 0.15) is 0 Å². The smallest absolute Gasteiger partial charge is 0.227 e. The molecule has 0 unspecified atom stereocenters. The van der Waals surface area contributed by atoms with Crippen LogP contribution < -0.4 is 19.6 Å². The summed E-state index contributed by atoms with van der Waals surface area (Å²) in [5, 5.41) is 0. The highest BCUT2D eigenvalue weighted by Crippen LogP contribution is 2.65. The van der Waals surface area contributed by atoms with Gasteiger partial charge >= 0.3 is 0 Å². The van der Waals surface area contributed by atoms with E-state index in [2.05, 4.69) is 240 Å². The van der Waals surface area contributed by atoms with Crippen molar-refractivity contribution < 1.29 is 8.83 Å². The fourth-order valence-corrected chi connectivity index (χ4v) is 11.8. The quantitative estimate of drug-likeness (QED) is 0.149. The van der Waals surface area contributed by atoms with E-state index in [1.807, 2.05) is 48.5 Å². The molecule has 370 valence electrons. The van der Waals surface area contributed by atoms with E-state index < -0.39 is 0 Å². The monoisotopic (exact) mass is 1000 g/mol. The van der Waals surface area contributed by atoms with Gasteiger partial charge in [0.2, 0.25) is 11.8 Å². The van der Waals surface area contributed by atoms with Crippen LogP contribution in [-0.4, -0.2) is 24.1 Å². The highest BCUT2D eigenvalue weighted by Gasteiger charge is 2.40. The molecular weight excluding hydrogens is 957 g/mol. The van der Waals surface area contributed by atoms with E-state index >= 15 is 0 Å². The molecule has 4 heterocycles. The minimum absolute atomic E-state index is 0.570. The first-order valence-electron chi connectivity index (χ1n) is 26.3. The zero-order chi connectivity index (χ0) is 51.8. The van der Waals surface area contributed by atoms with Crippen molar-refractivity contribution >= 4 is 79.1 Å². The van der Waals surface area contributed by atoms with Gasteiger partial charge in [0.25, 0.3) is 0 Å². The molecule has 15 rings (SSSR count). The Morgan fingerprint density at radius 1 is 0.256 bits per heavy atom. The summed E-state index contributed by atoms with van der Waals surface area (Å²) in [6, 6.07) is 90.5. The van der Waals surface area contributed by atoms with Crippen molar-refractivity contribution in [2.45, 2.75) is 0 Å². The Balaban J connectivity index is 1.15. The zero-order valence-electron chi connectivity index (χ0n) is 42.7. The molecule has 0 fully saturated rings. The SMILES string of the molecule is CN1c2ccccc2N(c2c(-c3ccc(-c4nc5ccccc5o4)cc3)c(-c3ccccc3)c(-c3ccccc3)c(-c3ccc(-c4nc5ccccc5o4)cc3)c2N2c3ccccc3N(C)c3ccccc32)c2ccccc21. The lowest BCUT2D eigenvalue weighted by atomic mass is 9.79. The van der Waals surface area contributed by atoms with Crippen LogP contribution >= 0.6 is 0 Å². The van der Waals surface area contributed by atoms with Crippen molar-refractivity contribution in [3.63, 3.8) is 0 Å². The van der Waals surface area contributed by atoms with Gasteiger partial charge in [0, 0.05) is 47.5 Å². The molecule has 0 saturated carbocycles. The van der Waals surface area contributed by atoms with Gasteiger partial charge in [0.1, 0.15) is 11.0 Å². The Hall–Kier alpha value is -10.4. The molecule has 0 N–H and O–H groups in total. The molecule has 0 radical (unpaired) electrons. The van der Waals surface area contributed by atoms with Crippen molar-refractivity contribution in [1.29, 1.82) is 0 Å². The molecule has 2 aliphatic heterocycles. The molecular formula is C70H48N6O2. The lowest BCUT2D eigenvalue weighted by Crippen LogP contribution is -2.28. The van der Waals surface area contributed by atoms with E-state index in [0.717, 1.165) is 135 Å². The van der Waals surface area contributed by atoms with Gasteiger partial charge in [-0.1, -0.05) is 158 Å². The van der Waals surface area contributed by atoms with Crippen LogP contribution in [0.15, 0.2) is 264 Å². The van der Waals surface area contributed by atoms with Gasteiger partial charge < -0.3 is 28.4 Å². The van der Waals surface area contributed by atoms with Crippen LogP contribution in [-0.2, 0) is 0 Å². The third-order valence-corrected chi connectivity index (χ3v) is 15.4. The Labute approximate surface area is 451 Å². The third kappa shape index (κ3) is 7.15. The number of hydrogen-bond donors (Lipinski definition) is 0. The van der Waals surface area contributed by atoms with Crippen LogP contribution in [0.3, 0.4) is 0 Å². The van der Waals surface area contributed by atoms with E-state index in [0.29, 0.717) is 11.8 Å². The zero-order valence-corrected chi connectivity index (χ0v) is 42.7. The number of rotatable bonds is 8. The molecule has 8 heteroatoms. The molecule has 2 aliphatic rings. The third-order valence-electron chi connectivity index (χ3n) is 15.4. The maximum Gasteiger partial charge on any atom is 0.227 e. The molecule has 0 aliphatic carbocycles. The summed E-state index contributed by atoms with van der Waals surface area (Å²) in [6.45, 7) is 0. The fourth-order valence-electron chi connectivity index (χ4n) is 11.8. The topological polar surface area (TPSA) is 65.0 Å². The van der Waals surface area contributed by atoms with Crippen LogP contribution in [0, 0.1) is 0 Å². The summed E-state index contributed by atoms with van der Waals surface area (Å²) in [4.78, 5) is 19.6. The number of anilines is 10. The number of oxazole rings is 2. The lowest BCUT2D eigenvalue weighted by Gasteiger charge is -2.45. The second-order valence-electron chi connectivity index (χ2n) is 19.8. The molecule has 0 spiro atoms. The number of aromatic nitrogens is 2. The first-order valence-corrected chi connectivity index (χ1v) is 26.3. The largest absolute Gasteiger partial charge is 0.436 e. The van der Waals surface area contributed by atoms with Gasteiger partial charge in [-0.25, -0.2) is 9.97 Å². The van der Waals surface area contributed by atoms with Crippen molar-refractivity contribution in [1.82, 2.24) is 9.97 Å². The summed E-state index contributed by atoms with van der Waals surface area (Å²) in [6.07, 6.45) is 0. The molecule has 11 aromatic carbocycles. The maximum atomic E-state index is 6.42. The first-order chi connectivity index (χ1) is 38.6. The standard InChI is InChI=1S/C70H48N6O2/c1-73-53-27-11-15-31-57(53)75(58-32-16-12-28-54(58)73)67-65(47-37-41-49(42-38-47)69-71-51-25-9-19-35-61(51)77-69)63(45-21-5-3-6-22-45)64(46-23-7-4-8-24-46)66(48-39-43-50(44-40-48)70-72-52-26-10-20-36-62(52)78-70)68(67)76-59-33-17-13-29-55(59)74(2)56-30-14-18-34-60(56)76/h3-44H,1-2H3. The average Bonchev–Trinajstić information content (AvgIpc) is 3.55. The number of nitrogens with zero attached hydrogens (tertiary/aromatic N) is 6. The van der Waals surface area contributed by atoms with Gasteiger partial charge in [0.15, 0.2) is 11.2 Å². The van der Waals surface area contributed by atoms with Crippen LogP contribution in [0.25, 0.3) is 89.6 Å². The first kappa shape index (κ1) is 45.0. The van der Waals surface area contributed by atoms with Gasteiger partial charge in [-0.3, -0.25) is 0 Å². The van der Waals surface area contributed by atoms with Gasteiger partial charge in [-0.05, 0) is 119 Å². The van der Waals surface area contributed by atoms with Crippen LogP contribution in [0.4, 0.5) is 56.9 Å².